The van der Waals surface area contributed by atoms with Gasteiger partial charge in [0, 0.05) is 21.8 Å². The molecule has 0 spiro atoms. The van der Waals surface area contributed by atoms with Gasteiger partial charge in [0.05, 0.1) is 4.91 Å². The van der Waals surface area contributed by atoms with Gasteiger partial charge in [0.1, 0.15) is 0 Å². The Labute approximate surface area is 185 Å². The summed E-state index contributed by atoms with van der Waals surface area (Å²) in [5.74, 6) is 0.603. The monoisotopic (exact) mass is 445 g/mol. The van der Waals surface area contributed by atoms with Crippen LogP contribution >= 0.6 is 35.0 Å². The van der Waals surface area contributed by atoms with Crippen LogP contribution in [0.4, 0.5) is 5.82 Å². The summed E-state index contributed by atoms with van der Waals surface area (Å²) < 4.78 is 0. The molecule has 0 atom stereocenters. The first-order valence-corrected chi connectivity index (χ1v) is 11.3. The molecular weight excluding hydrogens is 425 g/mol. The van der Waals surface area contributed by atoms with Crippen molar-refractivity contribution in [3.8, 4) is 0 Å². The van der Waals surface area contributed by atoms with Crippen molar-refractivity contribution in [1.82, 2.24) is 9.88 Å². The van der Waals surface area contributed by atoms with E-state index in [4.69, 9.17) is 28.2 Å². The Bertz CT molecular complexity index is 999. The number of nitrogens with zero attached hydrogens (tertiary/aromatic N) is 3. The van der Waals surface area contributed by atoms with E-state index in [1.165, 1.54) is 18.2 Å². The van der Waals surface area contributed by atoms with Gasteiger partial charge in [0.25, 0.3) is 5.91 Å². The van der Waals surface area contributed by atoms with Crippen molar-refractivity contribution in [2.45, 2.75) is 45.1 Å². The number of pyridine rings is 1. The zero-order valence-electron chi connectivity index (χ0n) is 16.1. The Kier molecular flexibility index (Phi) is 6.28. The minimum Gasteiger partial charge on any atom is -0.283 e. The van der Waals surface area contributed by atoms with Gasteiger partial charge in [0.15, 0.2) is 11.0 Å². The Morgan fingerprint density at radius 2 is 1.97 bits per heavy atom. The van der Waals surface area contributed by atoms with E-state index < -0.39 is 0 Å². The Hall–Kier alpha value is -1.82. The average molecular weight is 446 g/mol. The summed E-state index contributed by atoms with van der Waals surface area (Å²) in [6.45, 7) is 1.93. The molecule has 2 aliphatic rings. The molecule has 0 N–H and O–H groups in total. The highest BCUT2D eigenvalue weighted by Crippen LogP contribution is 2.39. The average Bonchev–Trinajstić information content (AvgIpc) is 2.99. The lowest BCUT2D eigenvalue weighted by Crippen LogP contribution is -2.40. The van der Waals surface area contributed by atoms with Gasteiger partial charge in [0.2, 0.25) is 0 Å². The smallest absolute Gasteiger partial charge is 0.267 e. The van der Waals surface area contributed by atoms with Crippen LogP contribution in [0.5, 0.6) is 0 Å². The second-order valence-electron chi connectivity index (χ2n) is 7.28. The quantitative estimate of drug-likeness (QED) is 0.497. The number of thioether (sulfide) groups is 1. The summed E-state index contributed by atoms with van der Waals surface area (Å²) in [5, 5.41) is 1.78. The number of aryl methyl sites for hydroxylation is 1. The van der Waals surface area contributed by atoms with Crippen LogP contribution in [-0.2, 0) is 4.79 Å². The van der Waals surface area contributed by atoms with Crippen molar-refractivity contribution in [3.05, 3.63) is 62.6 Å². The molecular formula is C22H21Cl2N3OS. The summed E-state index contributed by atoms with van der Waals surface area (Å²) in [7, 11) is 0. The predicted octanol–water partition coefficient (Wildman–Crippen LogP) is 6.63. The fraction of sp³-hybridized carbons (Fsp3) is 0.318. The maximum Gasteiger partial charge on any atom is 0.267 e. The van der Waals surface area contributed by atoms with Crippen molar-refractivity contribution in [2.75, 3.05) is 0 Å². The number of carbonyl (C=O) groups excluding carboxylic acids is 1. The van der Waals surface area contributed by atoms with Gasteiger partial charge in [-0.15, -0.1) is 0 Å². The number of amides is 1. The van der Waals surface area contributed by atoms with Gasteiger partial charge < -0.3 is 0 Å². The molecule has 0 unspecified atom stereocenters. The van der Waals surface area contributed by atoms with Gasteiger partial charge in [-0.25, -0.2) is 9.98 Å². The standard InChI is InChI=1S/C22H21Cl2N3OS/c1-14-6-5-9-20(25-14)26-22-27(17-7-3-2-4-8-17)21(28)19(29-22)12-15-10-11-16(23)13-18(15)24/h5-6,9-13,17H,2-4,7-8H2,1H3/b19-12-,26-22+. The highest BCUT2D eigenvalue weighted by atomic mass is 35.5. The zero-order chi connectivity index (χ0) is 20.4. The van der Waals surface area contributed by atoms with Crippen LogP contribution < -0.4 is 0 Å². The number of amidine groups is 1. The minimum atomic E-state index is -0.0145. The molecule has 2 aromatic rings. The van der Waals surface area contributed by atoms with Gasteiger partial charge >= 0.3 is 0 Å². The van der Waals surface area contributed by atoms with Crippen molar-refractivity contribution in [3.63, 3.8) is 0 Å². The summed E-state index contributed by atoms with van der Waals surface area (Å²) in [6.07, 6.45) is 7.33. The van der Waals surface area contributed by atoms with Crippen LogP contribution in [-0.4, -0.2) is 27.0 Å². The van der Waals surface area contributed by atoms with Crippen LogP contribution in [0.1, 0.15) is 43.4 Å². The van der Waals surface area contributed by atoms with Crippen LogP contribution in [0.25, 0.3) is 6.08 Å². The second-order valence-corrected chi connectivity index (χ2v) is 9.13. The number of aromatic nitrogens is 1. The summed E-state index contributed by atoms with van der Waals surface area (Å²) in [6, 6.07) is 11.2. The first-order chi connectivity index (χ1) is 14.0. The molecule has 2 fully saturated rings. The van der Waals surface area contributed by atoms with Gasteiger partial charge in [-0.1, -0.05) is 54.6 Å². The molecule has 7 heteroatoms. The Balaban J connectivity index is 1.72. The second kappa shape index (κ2) is 8.90. The molecule has 1 aromatic heterocycles. The van der Waals surface area contributed by atoms with Crippen LogP contribution in [0.15, 0.2) is 46.3 Å². The molecule has 1 saturated carbocycles. The van der Waals surface area contributed by atoms with Crippen LogP contribution in [0, 0.1) is 6.92 Å². The van der Waals surface area contributed by atoms with E-state index in [0.29, 0.717) is 25.9 Å². The van der Waals surface area contributed by atoms with Crippen molar-refractivity contribution in [1.29, 1.82) is 0 Å². The molecule has 4 nitrogen and oxygen atoms in total. The Morgan fingerprint density at radius 1 is 1.17 bits per heavy atom. The fourth-order valence-electron chi connectivity index (χ4n) is 3.67. The number of aliphatic imine (C=N–C) groups is 1. The van der Waals surface area contributed by atoms with Crippen molar-refractivity contribution >= 4 is 57.9 Å². The van der Waals surface area contributed by atoms with Crippen LogP contribution in [0.2, 0.25) is 10.0 Å². The molecule has 1 aliphatic heterocycles. The maximum absolute atomic E-state index is 13.3. The van der Waals surface area contributed by atoms with Gasteiger partial charge in [-0.05, 0) is 67.4 Å². The third-order valence-electron chi connectivity index (χ3n) is 5.11. The largest absolute Gasteiger partial charge is 0.283 e. The number of benzene rings is 1. The lowest BCUT2D eigenvalue weighted by molar-refractivity contribution is -0.124. The summed E-state index contributed by atoms with van der Waals surface area (Å²) >= 11 is 13.7. The van der Waals surface area contributed by atoms with E-state index in [0.717, 1.165) is 36.9 Å². The highest BCUT2D eigenvalue weighted by molar-refractivity contribution is 8.18. The van der Waals surface area contributed by atoms with E-state index in [1.807, 2.05) is 42.2 Å². The minimum absolute atomic E-state index is 0.0145. The van der Waals surface area contributed by atoms with Gasteiger partial charge in [-0.3, -0.25) is 9.69 Å². The lowest BCUT2D eigenvalue weighted by Gasteiger charge is -2.30. The van der Waals surface area contributed by atoms with E-state index in [2.05, 4.69) is 4.98 Å². The summed E-state index contributed by atoms with van der Waals surface area (Å²) in [5.41, 5.74) is 1.67. The predicted molar refractivity (Wildman–Crippen MR) is 122 cm³/mol. The lowest BCUT2D eigenvalue weighted by atomic mass is 9.94. The molecule has 4 rings (SSSR count). The maximum atomic E-state index is 13.3. The molecule has 2 heterocycles. The molecule has 0 radical (unpaired) electrons. The highest BCUT2D eigenvalue weighted by Gasteiger charge is 2.38. The molecule has 1 amide bonds. The fourth-order valence-corrected chi connectivity index (χ4v) is 5.18. The third kappa shape index (κ3) is 4.68. The number of hydrogen-bond acceptors (Lipinski definition) is 4. The number of hydrogen-bond donors (Lipinski definition) is 0. The molecule has 1 aliphatic carbocycles. The first kappa shape index (κ1) is 20.5. The number of halogens is 2. The topological polar surface area (TPSA) is 45.6 Å². The van der Waals surface area contributed by atoms with Crippen LogP contribution in [0.3, 0.4) is 0 Å². The Morgan fingerprint density at radius 3 is 2.69 bits per heavy atom. The molecule has 1 aromatic carbocycles. The summed E-state index contributed by atoms with van der Waals surface area (Å²) in [4.78, 5) is 25.0. The van der Waals surface area contributed by atoms with E-state index >= 15 is 0 Å². The van der Waals surface area contributed by atoms with Crippen molar-refractivity contribution in [2.24, 2.45) is 4.99 Å². The molecule has 1 saturated heterocycles. The number of carbonyl (C=O) groups is 1. The van der Waals surface area contributed by atoms with E-state index in [-0.39, 0.29) is 11.9 Å². The first-order valence-electron chi connectivity index (χ1n) is 9.72. The van der Waals surface area contributed by atoms with E-state index in [9.17, 15) is 4.79 Å². The number of rotatable bonds is 3. The normalized spacial score (nSPS) is 20.8. The SMILES string of the molecule is Cc1cccc(/N=C2/S/C(=C\c3ccc(Cl)cc3Cl)C(=O)N2C2CCCCC2)n1. The molecule has 0 bridgehead atoms. The van der Waals surface area contributed by atoms with E-state index in [1.54, 1.807) is 12.1 Å². The third-order valence-corrected chi connectivity index (χ3v) is 6.66. The zero-order valence-corrected chi connectivity index (χ0v) is 18.4. The molecule has 150 valence electrons. The van der Waals surface area contributed by atoms with Gasteiger partial charge in [-0.2, -0.15) is 0 Å². The van der Waals surface area contributed by atoms with Crippen molar-refractivity contribution < 1.29 is 4.79 Å². The molecule has 29 heavy (non-hydrogen) atoms.